The van der Waals surface area contributed by atoms with Gasteiger partial charge in [-0.3, -0.25) is 9.36 Å². The number of hydrogen-bond acceptors (Lipinski definition) is 11. The van der Waals surface area contributed by atoms with Crippen molar-refractivity contribution in [3.05, 3.63) is 12.7 Å². The maximum atomic E-state index is 13.5. The second-order valence-electron chi connectivity index (χ2n) is 11.9. The number of rotatable bonds is 6. The highest BCUT2D eigenvalue weighted by atomic mass is 32.2. The Bertz CT molecular complexity index is 1190. The highest BCUT2D eigenvalue weighted by molar-refractivity contribution is 7.98. The lowest BCUT2D eigenvalue weighted by molar-refractivity contribution is -0.168. The average molecular weight is 576 g/mol. The SMILES string of the molecule is CSC[C@H]1O[C@@H](n2cnc3c(N)ncnc32)[C@H](OC(=O)C(C)(C)C)[C@@H]1OC(=O)N1CCC(N2CCCCC2)CC1. The first-order chi connectivity index (χ1) is 19.2. The molecule has 40 heavy (non-hydrogen) atoms. The van der Waals surface area contributed by atoms with E-state index in [2.05, 4.69) is 19.9 Å². The first-order valence-electron chi connectivity index (χ1n) is 14.2. The number of carbonyl (C=O) groups is 2. The molecule has 3 fully saturated rings. The van der Waals surface area contributed by atoms with Gasteiger partial charge >= 0.3 is 12.1 Å². The molecule has 13 heteroatoms. The van der Waals surface area contributed by atoms with Gasteiger partial charge in [0.15, 0.2) is 29.9 Å². The molecule has 0 saturated carbocycles. The van der Waals surface area contributed by atoms with Crippen molar-refractivity contribution in [3.63, 3.8) is 0 Å². The van der Waals surface area contributed by atoms with Crippen LogP contribution in [-0.4, -0.2) is 104 Å². The monoisotopic (exact) mass is 575 g/mol. The Labute approximate surface area is 239 Å². The molecule has 12 nitrogen and oxygen atoms in total. The Kier molecular flexibility index (Phi) is 8.72. The number of anilines is 1. The van der Waals surface area contributed by atoms with Gasteiger partial charge < -0.3 is 29.7 Å². The molecule has 2 aromatic heterocycles. The van der Waals surface area contributed by atoms with E-state index in [0.717, 1.165) is 25.9 Å². The second kappa shape index (κ2) is 12.1. The molecule has 0 spiro atoms. The number of fused-ring (bicyclic) bond motifs is 1. The molecule has 0 radical (unpaired) electrons. The Morgan fingerprint density at radius 1 is 1.05 bits per heavy atom. The van der Waals surface area contributed by atoms with Crippen molar-refractivity contribution >= 4 is 40.8 Å². The summed E-state index contributed by atoms with van der Waals surface area (Å²) in [5.41, 5.74) is 6.12. The molecule has 5 heterocycles. The van der Waals surface area contributed by atoms with Crippen LogP contribution in [0.4, 0.5) is 10.6 Å². The van der Waals surface area contributed by atoms with Crippen LogP contribution in [0.5, 0.6) is 0 Å². The van der Waals surface area contributed by atoms with Gasteiger partial charge in [-0.15, -0.1) is 0 Å². The minimum Gasteiger partial charge on any atom is -0.453 e. The third kappa shape index (κ3) is 6.01. The number of nitrogens with two attached hydrogens (primary N) is 1. The molecule has 2 aromatic rings. The van der Waals surface area contributed by atoms with E-state index in [-0.39, 0.29) is 5.82 Å². The third-order valence-electron chi connectivity index (χ3n) is 8.00. The summed E-state index contributed by atoms with van der Waals surface area (Å²) >= 11 is 1.57. The van der Waals surface area contributed by atoms with Crippen LogP contribution in [0.3, 0.4) is 0 Å². The number of nitrogen functional groups attached to an aromatic ring is 1. The number of hydrogen-bond donors (Lipinski definition) is 1. The first kappa shape index (κ1) is 28.9. The van der Waals surface area contributed by atoms with Gasteiger partial charge in [0.1, 0.15) is 17.9 Å². The summed E-state index contributed by atoms with van der Waals surface area (Å²) in [4.78, 5) is 43.7. The van der Waals surface area contributed by atoms with Gasteiger partial charge in [0.2, 0.25) is 0 Å². The lowest BCUT2D eigenvalue weighted by Gasteiger charge is -2.40. The summed E-state index contributed by atoms with van der Waals surface area (Å²) in [6.07, 6.45) is 7.07. The molecular formula is C27H41N7O5S. The van der Waals surface area contributed by atoms with Crippen LogP contribution in [0.25, 0.3) is 11.2 Å². The Morgan fingerprint density at radius 3 is 2.45 bits per heavy atom. The lowest BCUT2D eigenvalue weighted by Crippen LogP contribution is -2.50. The normalized spacial score (nSPS) is 26.8. The fourth-order valence-electron chi connectivity index (χ4n) is 5.74. The summed E-state index contributed by atoms with van der Waals surface area (Å²) in [6.45, 7) is 8.92. The molecule has 2 N–H and O–H groups in total. The summed E-state index contributed by atoms with van der Waals surface area (Å²) < 4.78 is 20.3. The van der Waals surface area contributed by atoms with Gasteiger partial charge in [0.25, 0.3) is 0 Å². The summed E-state index contributed by atoms with van der Waals surface area (Å²) in [5, 5.41) is 0. The number of thioether (sulfide) groups is 1. The standard InChI is InChI=1S/C27H41N7O5S/c1-27(2,3)25(35)38-21-20(39-26(36)33-12-8-17(9-13-33)32-10-6-5-7-11-32)18(14-40-4)37-24(21)34-16-31-19-22(28)29-15-30-23(19)34/h15-18,20-21,24H,5-14H2,1-4H3,(H2,28,29,30)/t18-,20-,21-,24-/m1/s1. The van der Waals surface area contributed by atoms with Crippen LogP contribution in [-0.2, 0) is 19.0 Å². The minimum atomic E-state index is -0.910. The number of imidazole rings is 1. The number of nitrogens with zero attached hydrogens (tertiary/aromatic N) is 6. The molecule has 3 aliphatic heterocycles. The molecule has 0 aliphatic carbocycles. The van der Waals surface area contributed by atoms with E-state index in [1.54, 1.807) is 48.3 Å². The van der Waals surface area contributed by atoms with Gasteiger partial charge in [0, 0.05) is 24.9 Å². The Hall–Kier alpha value is -2.64. The molecule has 220 valence electrons. The average Bonchev–Trinajstić information content (AvgIpc) is 3.51. The Balaban J connectivity index is 1.37. The number of likely N-dealkylation sites (tertiary alicyclic amines) is 2. The van der Waals surface area contributed by atoms with Gasteiger partial charge in [-0.1, -0.05) is 6.42 Å². The van der Waals surface area contributed by atoms with Crippen molar-refractivity contribution in [1.82, 2.24) is 29.3 Å². The van der Waals surface area contributed by atoms with Crippen LogP contribution in [0.2, 0.25) is 0 Å². The molecule has 1 amide bonds. The predicted octanol–water partition coefficient (Wildman–Crippen LogP) is 3.08. The zero-order chi connectivity index (χ0) is 28.4. The van der Waals surface area contributed by atoms with Crippen molar-refractivity contribution in [1.29, 1.82) is 0 Å². The molecule has 4 atom stereocenters. The number of aromatic nitrogens is 4. The van der Waals surface area contributed by atoms with Crippen molar-refractivity contribution in [2.24, 2.45) is 5.41 Å². The molecule has 3 saturated heterocycles. The van der Waals surface area contributed by atoms with Gasteiger partial charge in [-0.25, -0.2) is 19.7 Å². The molecule has 0 aromatic carbocycles. The van der Waals surface area contributed by atoms with Crippen molar-refractivity contribution < 1.29 is 23.8 Å². The van der Waals surface area contributed by atoms with Gasteiger partial charge in [0.05, 0.1) is 11.7 Å². The maximum absolute atomic E-state index is 13.5. The summed E-state index contributed by atoms with van der Waals surface area (Å²) in [6, 6.07) is 0.511. The van der Waals surface area contributed by atoms with Crippen LogP contribution in [0.1, 0.15) is 59.1 Å². The zero-order valence-electron chi connectivity index (χ0n) is 23.8. The van der Waals surface area contributed by atoms with Crippen LogP contribution >= 0.6 is 11.8 Å². The Morgan fingerprint density at radius 2 is 1.77 bits per heavy atom. The van der Waals surface area contributed by atoms with Crippen molar-refractivity contribution in [2.75, 3.05) is 43.9 Å². The number of carbonyl (C=O) groups excluding carboxylic acids is 2. The van der Waals surface area contributed by atoms with Crippen LogP contribution < -0.4 is 5.73 Å². The van der Waals surface area contributed by atoms with Crippen molar-refractivity contribution in [3.8, 4) is 0 Å². The largest absolute Gasteiger partial charge is 0.453 e. The smallest absolute Gasteiger partial charge is 0.410 e. The predicted molar refractivity (Wildman–Crippen MR) is 152 cm³/mol. The maximum Gasteiger partial charge on any atom is 0.410 e. The number of esters is 1. The fourth-order valence-corrected chi connectivity index (χ4v) is 6.34. The summed E-state index contributed by atoms with van der Waals surface area (Å²) in [5.74, 6) is 0.359. The van der Waals surface area contributed by atoms with E-state index in [1.807, 2.05) is 6.26 Å². The van der Waals surface area contributed by atoms with E-state index in [1.165, 1.54) is 25.6 Å². The number of ether oxygens (including phenoxy) is 3. The quantitative estimate of drug-likeness (QED) is 0.509. The second-order valence-corrected chi connectivity index (χ2v) is 12.8. The van der Waals surface area contributed by atoms with Crippen LogP contribution in [0, 0.1) is 5.41 Å². The van der Waals surface area contributed by atoms with E-state index in [0.29, 0.717) is 36.0 Å². The van der Waals surface area contributed by atoms with Gasteiger partial charge in [-0.05, 0) is 65.8 Å². The highest BCUT2D eigenvalue weighted by Gasteiger charge is 2.52. The van der Waals surface area contributed by atoms with Gasteiger partial charge in [-0.2, -0.15) is 11.8 Å². The minimum absolute atomic E-state index is 0.238. The molecule has 5 rings (SSSR count). The summed E-state index contributed by atoms with van der Waals surface area (Å²) in [7, 11) is 0. The fraction of sp³-hybridized carbons (Fsp3) is 0.741. The van der Waals surface area contributed by atoms with E-state index in [9.17, 15) is 9.59 Å². The lowest BCUT2D eigenvalue weighted by atomic mass is 9.97. The zero-order valence-corrected chi connectivity index (χ0v) is 24.6. The van der Waals surface area contributed by atoms with E-state index >= 15 is 0 Å². The number of piperidine rings is 2. The topological polar surface area (TPSA) is 138 Å². The molecule has 0 bridgehead atoms. The highest BCUT2D eigenvalue weighted by Crippen LogP contribution is 2.38. The van der Waals surface area contributed by atoms with Crippen molar-refractivity contribution in [2.45, 2.75) is 83.5 Å². The van der Waals surface area contributed by atoms with Crippen LogP contribution in [0.15, 0.2) is 12.7 Å². The van der Waals surface area contributed by atoms with E-state index < -0.39 is 42.0 Å². The van der Waals surface area contributed by atoms with E-state index in [4.69, 9.17) is 19.9 Å². The number of amides is 1. The first-order valence-corrected chi connectivity index (χ1v) is 15.5. The molecule has 3 aliphatic rings. The third-order valence-corrected chi connectivity index (χ3v) is 8.66. The molecule has 0 unspecified atom stereocenters. The molecular weight excluding hydrogens is 534 g/mol.